The molecule has 0 saturated carbocycles. The number of aliphatic hydroxyl groups is 3. The molecule has 3 N–H and O–H groups in total. The number of hydrogen-bond acceptors (Lipinski definition) is 10. The van der Waals surface area contributed by atoms with Crippen LogP contribution in [-0.2, 0) is 33.3 Å². The van der Waals surface area contributed by atoms with Crippen LogP contribution in [0.5, 0.6) is 0 Å². The van der Waals surface area contributed by atoms with Crippen LogP contribution in [0.3, 0.4) is 0 Å². The van der Waals surface area contributed by atoms with Gasteiger partial charge in [0.05, 0.1) is 35.4 Å². The Morgan fingerprint density at radius 3 is 1.95 bits per heavy atom. The van der Waals surface area contributed by atoms with Crippen LogP contribution in [0.15, 0.2) is 0 Å². The third-order valence-electron chi connectivity index (χ3n) is 10.4. The molecule has 0 aromatic heterocycles. The molecule has 0 amide bonds. The fourth-order valence-corrected chi connectivity index (χ4v) is 6.77. The zero-order chi connectivity index (χ0) is 31.7. The molecule has 0 unspecified atom stereocenters. The summed E-state index contributed by atoms with van der Waals surface area (Å²) in [5.41, 5.74) is -3.58. The van der Waals surface area contributed by atoms with E-state index in [1.54, 1.807) is 41.7 Å². The summed E-state index contributed by atoms with van der Waals surface area (Å²) in [6.07, 6.45) is -4.64. The van der Waals surface area contributed by atoms with Crippen LogP contribution in [0.25, 0.3) is 0 Å². The summed E-state index contributed by atoms with van der Waals surface area (Å²) in [7, 11) is 3.13. The lowest BCUT2D eigenvalue weighted by atomic mass is 9.70. The normalized spacial score (nSPS) is 49.3. The molecule has 0 bridgehead atoms. The van der Waals surface area contributed by atoms with Crippen LogP contribution in [0, 0.1) is 29.6 Å². The van der Waals surface area contributed by atoms with Crippen molar-refractivity contribution in [1.82, 2.24) is 0 Å². The number of cyclic esters (lactones) is 1. The molecule has 0 spiro atoms. The minimum atomic E-state index is -1.87. The summed E-state index contributed by atoms with van der Waals surface area (Å²) in [6.45, 7) is 17.7. The predicted molar refractivity (Wildman–Crippen MR) is 153 cm³/mol. The van der Waals surface area contributed by atoms with E-state index < -0.39 is 77.3 Å². The van der Waals surface area contributed by atoms with Crippen molar-refractivity contribution < 1.29 is 48.6 Å². The highest BCUT2D eigenvalue weighted by molar-refractivity contribution is 5.83. The summed E-state index contributed by atoms with van der Waals surface area (Å²) in [6, 6.07) is 0. The fourth-order valence-electron chi connectivity index (χ4n) is 6.77. The van der Waals surface area contributed by atoms with Crippen molar-refractivity contribution in [1.29, 1.82) is 0 Å². The maximum Gasteiger partial charge on any atom is 0.311 e. The SMILES string of the molecule is CC[C@H]1OC(=O)[C@H](C)[C@@H](O[C@H]2C[C@@](C)(OC)[C@@H](O)[C@H](C)O2)[C@H](C)[C@@H](C)[C@](C)(OC)C[C@@H](C)C(=O)[C@H](C)[C@@H](O)[C@]1(C)O. The Morgan fingerprint density at radius 2 is 1.44 bits per heavy atom. The second-order valence-corrected chi connectivity index (χ2v) is 13.3. The average molecular weight is 589 g/mol. The van der Waals surface area contributed by atoms with E-state index in [2.05, 4.69) is 0 Å². The van der Waals surface area contributed by atoms with Crippen LogP contribution < -0.4 is 0 Å². The van der Waals surface area contributed by atoms with Gasteiger partial charge < -0.3 is 39.0 Å². The van der Waals surface area contributed by atoms with E-state index in [1.807, 2.05) is 27.7 Å². The molecule has 2 saturated heterocycles. The monoisotopic (exact) mass is 588 g/mol. The molecule has 2 rings (SSSR count). The Labute approximate surface area is 246 Å². The fraction of sp³-hybridized carbons (Fsp3) is 0.935. The Hall–Kier alpha value is -1.14. The van der Waals surface area contributed by atoms with Gasteiger partial charge in [-0.1, -0.05) is 34.6 Å². The quantitative estimate of drug-likeness (QED) is 0.410. The first kappa shape index (κ1) is 36.1. The summed E-state index contributed by atoms with van der Waals surface area (Å²) in [5.74, 6) is -3.46. The molecule has 2 aliphatic rings. The van der Waals surface area contributed by atoms with Crippen LogP contribution in [-0.4, -0.2) is 94.9 Å². The molecule has 0 aliphatic carbocycles. The van der Waals surface area contributed by atoms with Gasteiger partial charge in [-0.05, 0) is 59.3 Å². The number of carbonyl (C=O) groups is 2. The molecular weight excluding hydrogens is 532 g/mol. The van der Waals surface area contributed by atoms with Gasteiger partial charge in [-0.2, -0.15) is 0 Å². The standard InChI is InChI=1S/C31H56O10/c1-13-22-31(10,36)26(33)18(4)24(32)16(2)14-29(8,37-11)20(6)17(3)25(19(5)28(35)40-22)41-23-15-30(9,38-12)27(34)21(7)39-23/h16-23,25-27,33-34,36H,13-15H2,1-12H3/t16-,17-,18+,19-,20-,21+,22-,23+,25+,26-,27+,29-,30-,31-/m1/s1. The van der Waals surface area contributed by atoms with Crippen molar-refractivity contribution in [2.45, 2.75) is 142 Å². The van der Waals surface area contributed by atoms with E-state index in [9.17, 15) is 24.9 Å². The van der Waals surface area contributed by atoms with E-state index in [0.717, 1.165) is 0 Å². The highest BCUT2D eigenvalue weighted by Gasteiger charge is 2.51. The van der Waals surface area contributed by atoms with Gasteiger partial charge >= 0.3 is 5.97 Å². The number of rotatable bonds is 5. The van der Waals surface area contributed by atoms with Crippen molar-refractivity contribution >= 4 is 11.8 Å². The molecule has 10 heteroatoms. The van der Waals surface area contributed by atoms with Gasteiger partial charge in [0.2, 0.25) is 0 Å². The molecule has 2 heterocycles. The lowest BCUT2D eigenvalue weighted by molar-refractivity contribution is -0.298. The number of ketones is 1. The average Bonchev–Trinajstić information content (AvgIpc) is 2.93. The van der Waals surface area contributed by atoms with E-state index >= 15 is 0 Å². The maximum absolute atomic E-state index is 13.7. The molecule has 0 radical (unpaired) electrons. The van der Waals surface area contributed by atoms with Crippen molar-refractivity contribution in [3.8, 4) is 0 Å². The van der Waals surface area contributed by atoms with E-state index in [4.69, 9.17) is 23.7 Å². The Balaban J connectivity index is 2.59. The lowest BCUT2D eigenvalue weighted by Crippen LogP contribution is -2.58. The van der Waals surface area contributed by atoms with Crippen LogP contribution in [0.2, 0.25) is 0 Å². The minimum Gasteiger partial charge on any atom is -0.459 e. The molecule has 2 fully saturated rings. The molecule has 2 aliphatic heterocycles. The smallest absolute Gasteiger partial charge is 0.311 e. The number of esters is 1. The number of carbonyl (C=O) groups excluding carboxylic acids is 2. The number of ether oxygens (including phenoxy) is 5. The number of hydrogen-bond donors (Lipinski definition) is 3. The second-order valence-electron chi connectivity index (χ2n) is 13.3. The van der Waals surface area contributed by atoms with Gasteiger partial charge in [-0.3, -0.25) is 9.59 Å². The van der Waals surface area contributed by atoms with Gasteiger partial charge in [0.25, 0.3) is 0 Å². The van der Waals surface area contributed by atoms with E-state index in [1.165, 1.54) is 14.0 Å². The van der Waals surface area contributed by atoms with Crippen molar-refractivity contribution in [3.63, 3.8) is 0 Å². The first-order chi connectivity index (χ1) is 18.8. The van der Waals surface area contributed by atoms with Gasteiger partial charge in [0, 0.05) is 32.5 Å². The number of Topliss-reactive ketones (excluding diaryl/α,β-unsaturated/α-hetero) is 1. The molecular formula is C31H56O10. The zero-order valence-electron chi connectivity index (χ0n) is 27.2. The largest absolute Gasteiger partial charge is 0.459 e. The van der Waals surface area contributed by atoms with Crippen LogP contribution in [0.4, 0.5) is 0 Å². The second kappa shape index (κ2) is 13.7. The predicted octanol–water partition coefficient (Wildman–Crippen LogP) is 3.26. The molecule has 240 valence electrons. The summed E-state index contributed by atoms with van der Waals surface area (Å²) in [5, 5.41) is 33.3. The first-order valence-electron chi connectivity index (χ1n) is 15.0. The molecule has 10 nitrogen and oxygen atoms in total. The van der Waals surface area contributed by atoms with Crippen molar-refractivity contribution in [2.24, 2.45) is 29.6 Å². The molecule has 41 heavy (non-hydrogen) atoms. The van der Waals surface area contributed by atoms with E-state index in [0.29, 0.717) is 6.42 Å². The summed E-state index contributed by atoms with van der Waals surface area (Å²) in [4.78, 5) is 27.2. The number of methoxy groups -OCH3 is 2. The van der Waals surface area contributed by atoms with Crippen LogP contribution >= 0.6 is 0 Å². The summed E-state index contributed by atoms with van der Waals surface area (Å²) >= 11 is 0. The van der Waals surface area contributed by atoms with Crippen molar-refractivity contribution in [3.05, 3.63) is 0 Å². The van der Waals surface area contributed by atoms with Crippen LogP contribution in [0.1, 0.15) is 88.5 Å². The molecule has 14 atom stereocenters. The number of aliphatic hydroxyl groups excluding tert-OH is 2. The topological polar surface area (TPSA) is 141 Å². The highest BCUT2D eigenvalue weighted by atomic mass is 16.7. The molecule has 0 aromatic rings. The van der Waals surface area contributed by atoms with Crippen molar-refractivity contribution in [2.75, 3.05) is 14.2 Å². The Morgan fingerprint density at radius 1 is 0.878 bits per heavy atom. The highest BCUT2D eigenvalue weighted by Crippen LogP contribution is 2.41. The Bertz CT molecular complexity index is 894. The lowest BCUT2D eigenvalue weighted by Gasteiger charge is -2.47. The minimum absolute atomic E-state index is 0.198. The molecule has 0 aromatic carbocycles. The Kier molecular flexibility index (Phi) is 12.0. The van der Waals surface area contributed by atoms with Gasteiger partial charge in [0.15, 0.2) is 6.29 Å². The summed E-state index contributed by atoms with van der Waals surface area (Å²) < 4.78 is 30.2. The zero-order valence-corrected chi connectivity index (χ0v) is 27.2. The first-order valence-corrected chi connectivity index (χ1v) is 15.0. The van der Waals surface area contributed by atoms with Gasteiger partial charge in [-0.25, -0.2) is 0 Å². The van der Waals surface area contributed by atoms with E-state index in [-0.39, 0.29) is 30.5 Å². The maximum atomic E-state index is 13.7. The van der Waals surface area contributed by atoms with Gasteiger partial charge in [0.1, 0.15) is 23.6 Å². The third-order valence-corrected chi connectivity index (χ3v) is 10.4. The third kappa shape index (κ3) is 7.33. The van der Waals surface area contributed by atoms with Gasteiger partial charge in [-0.15, -0.1) is 0 Å².